The normalized spacial score (nSPS) is 12.4. The smallest absolute Gasteiger partial charge is 0.194 e. The van der Waals surface area contributed by atoms with Gasteiger partial charge in [0, 0.05) is 32.6 Å². The Bertz CT molecular complexity index is 720. The molecule has 0 aliphatic rings. The van der Waals surface area contributed by atoms with Gasteiger partial charge in [0.25, 0.3) is 0 Å². The number of aliphatic imine (C=N–C) groups is 1. The predicted molar refractivity (Wildman–Crippen MR) is 125 cm³/mol. The van der Waals surface area contributed by atoms with Gasteiger partial charge in [-0.25, -0.2) is 4.98 Å². The number of nitrogens with one attached hydrogen (secondary N) is 1. The molecule has 0 bridgehead atoms. The lowest BCUT2D eigenvalue weighted by Crippen LogP contribution is -2.38. The van der Waals surface area contributed by atoms with Crippen LogP contribution >= 0.6 is 35.3 Å². The van der Waals surface area contributed by atoms with E-state index in [9.17, 15) is 0 Å². The molecule has 1 atom stereocenters. The van der Waals surface area contributed by atoms with Crippen molar-refractivity contribution in [2.75, 3.05) is 27.2 Å². The number of thiazole rings is 1. The van der Waals surface area contributed by atoms with Gasteiger partial charge in [0.2, 0.25) is 0 Å². The maximum absolute atomic E-state index is 5.34. The van der Waals surface area contributed by atoms with Crippen molar-refractivity contribution in [1.82, 2.24) is 15.2 Å². The van der Waals surface area contributed by atoms with Crippen LogP contribution in [0.2, 0.25) is 0 Å². The van der Waals surface area contributed by atoms with E-state index in [4.69, 9.17) is 9.73 Å². The second kappa shape index (κ2) is 12.3. The van der Waals surface area contributed by atoms with Gasteiger partial charge in [-0.3, -0.25) is 4.99 Å². The zero-order valence-corrected chi connectivity index (χ0v) is 20.0. The van der Waals surface area contributed by atoms with Crippen molar-refractivity contribution in [2.45, 2.75) is 39.8 Å². The van der Waals surface area contributed by atoms with Gasteiger partial charge >= 0.3 is 0 Å². The van der Waals surface area contributed by atoms with Crippen molar-refractivity contribution in [2.24, 2.45) is 4.99 Å². The van der Waals surface area contributed by atoms with Crippen molar-refractivity contribution in [3.8, 4) is 0 Å². The Balaban J connectivity index is 0.00000364. The number of hydrogen-bond acceptors (Lipinski definition) is 4. The maximum atomic E-state index is 5.34. The Labute approximate surface area is 184 Å². The molecule has 0 fully saturated rings. The SMILES string of the molecule is CCNC(=NCCc1ccccc1C)N(C)Cc1csc(C(C)OC)n1.I. The van der Waals surface area contributed by atoms with E-state index >= 15 is 0 Å². The number of benzene rings is 1. The standard InChI is InChI=1S/C20H30N4OS.HI/c1-6-21-20(22-12-11-17-10-8-7-9-15(17)2)24(4)13-18-14-26-19(23-18)16(3)25-5;/h7-10,14,16H,6,11-13H2,1-5H3,(H,21,22);1H. The Morgan fingerprint density at radius 3 is 2.78 bits per heavy atom. The van der Waals surface area contributed by atoms with Crippen LogP contribution in [0.15, 0.2) is 34.6 Å². The highest BCUT2D eigenvalue weighted by Gasteiger charge is 2.12. The third-order valence-corrected chi connectivity index (χ3v) is 5.33. The molecule has 1 aromatic heterocycles. The van der Waals surface area contributed by atoms with Crippen LogP contribution < -0.4 is 5.32 Å². The number of methoxy groups -OCH3 is 1. The van der Waals surface area contributed by atoms with Crippen molar-refractivity contribution in [3.05, 3.63) is 51.5 Å². The van der Waals surface area contributed by atoms with E-state index in [0.717, 1.165) is 42.7 Å². The van der Waals surface area contributed by atoms with Gasteiger partial charge in [0.1, 0.15) is 11.1 Å². The van der Waals surface area contributed by atoms with E-state index in [0.29, 0.717) is 0 Å². The van der Waals surface area contributed by atoms with Crippen molar-refractivity contribution >= 4 is 41.3 Å². The number of aryl methyl sites for hydroxylation is 1. The van der Waals surface area contributed by atoms with E-state index in [1.165, 1.54) is 11.1 Å². The summed E-state index contributed by atoms with van der Waals surface area (Å²) in [4.78, 5) is 11.6. The first-order chi connectivity index (χ1) is 12.5. The molecule has 2 rings (SSSR count). The average Bonchev–Trinajstić information content (AvgIpc) is 3.10. The Morgan fingerprint density at radius 1 is 1.37 bits per heavy atom. The summed E-state index contributed by atoms with van der Waals surface area (Å²) >= 11 is 1.64. The second-order valence-corrected chi connectivity index (χ2v) is 7.21. The topological polar surface area (TPSA) is 49.8 Å². The Hall–Kier alpha value is -1.19. The molecule has 0 saturated carbocycles. The van der Waals surface area contributed by atoms with Crippen LogP contribution in [0.5, 0.6) is 0 Å². The number of nitrogens with zero attached hydrogens (tertiary/aromatic N) is 3. The predicted octanol–water partition coefficient (Wildman–Crippen LogP) is 4.42. The minimum atomic E-state index is 0. The molecule has 0 aliphatic carbocycles. The van der Waals surface area contributed by atoms with E-state index in [2.05, 4.69) is 58.7 Å². The van der Waals surface area contributed by atoms with Crippen LogP contribution in [0.4, 0.5) is 0 Å². The molecule has 0 saturated heterocycles. The molecule has 150 valence electrons. The summed E-state index contributed by atoms with van der Waals surface area (Å²) in [7, 11) is 3.76. The molecular formula is C20H31IN4OS. The summed E-state index contributed by atoms with van der Waals surface area (Å²) in [5, 5.41) is 6.48. The summed E-state index contributed by atoms with van der Waals surface area (Å²) < 4.78 is 5.34. The van der Waals surface area contributed by atoms with E-state index in [1.54, 1.807) is 18.4 Å². The molecule has 1 aromatic carbocycles. The summed E-state index contributed by atoms with van der Waals surface area (Å²) in [6.07, 6.45) is 0.983. The highest BCUT2D eigenvalue weighted by atomic mass is 127. The lowest BCUT2D eigenvalue weighted by atomic mass is 10.1. The zero-order valence-electron chi connectivity index (χ0n) is 16.9. The number of guanidine groups is 1. The van der Waals surface area contributed by atoms with Gasteiger partial charge in [0.05, 0.1) is 12.2 Å². The van der Waals surface area contributed by atoms with E-state index < -0.39 is 0 Å². The van der Waals surface area contributed by atoms with Gasteiger partial charge in [-0.1, -0.05) is 24.3 Å². The van der Waals surface area contributed by atoms with Crippen LogP contribution in [-0.2, 0) is 17.7 Å². The van der Waals surface area contributed by atoms with Crippen molar-refractivity contribution in [1.29, 1.82) is 0 Å². The largest absolute Gasteiger partial charge is 0.375 e. The molecule has 1 unspecified atom stereocenters. The van der Waals surface area contributed by atoms with Crippen LogP contribution in [-0.4, -0.2) is 43.1 Å². The van der Waals surface area contributed by atoms with Gasteiger partial charge in [-0.2, -0.15) is 0 Å². The Kier molecular flexibility index (Phi) is 10.9. The van der Waals surface area contributed by atoms with Gasteiger partial charge in [0.15, 0.2) is 5.96 Å². The Morgan fingerprint density at radius 2 is 2.11 bits per heavy atom. The molecule has 0 radical (unpaired) electrons. The first kappa shape index (κ1) is 23.8. The van der Waals surface area contributed by atoms with Gasteiger partial charge in [-0.15, -0.1) is 35.3 Å². The number of aromatic nitrogens is 1. The third-order valence-electron chi connectivity index (χ3n) is 4.27. The minimum Gasteiger partial charge on any atom is -0.375 e. The fourth-order valence-electron chi connectivity index (χ4n) is 2.64. The number of halogens is 1. The summed E-state index contributed by atoms with van der Waals surface area (Å²) in [6.45, 7) is 8.59. The lowest BCUT2D eigenvalue weighted by molar-refractivity contribution is 0.119. The first-order valence-electron chi connectivity index (χ1n) is 9.06. The monoisotopic (exact) mass is 502 g/mol. The number of hydrogen-bond donors (Lipinski definition) is 1. The van der Waals surface area contributed by atoms with Crippen LogP contribution in [0, 0.1) is 6.92 Å². The molecule has 0 aliphatic heterocycles. The van der Waals surface area contributed by atoms with Crippen molar-refractivity contribution in [3.63, 3.8) is 0 Å². The average molecular weight is 502 g/mol. The van der Waals surface area contributed by atoms with Crippen LogP contribution in [0.3, 0.4) is 0 Å². The summed E-state index contributed by atoms with van der Waals surface area (Å²) in [5.74, 6) is 0.912. The molecule has 7 heteroatoms. The van der Waals surface area contributed by atoms with E-state index in [-0.39, 0.29) is 30.1 Å². The molecule has 2 aromatic rings. The van der Waals surface area contributed by atoms with Crippen molar-refractivity contribution < 1.29 is 4.74 Å². The van der Waals surface area contributed by atoms with Gasteiger partial charge < -0.3 is 15.0 Å². The first-order valence-corrected chi connectivity index (χ1v) is 9.94. The maximum Gasteiger partial charge on any atom is 0.194 e. The highest BCUT2D eigenvalue weighted by molar-refractivity contribution is 14.0. The molecular weight excluding hydrogens is 471 g/mol. The van der Waals surface area contributed by atoms with E-state index in [1.807, 2.05) is 14.0 Å². The molecule has 1 heterocycles. The lowest BCUT2D eigenvalue weighted by Gasteiger charge is -2.21. The molecule has 5 nitrogen and oxygen atoms in total. The molecule has 27 heavy (non-hydrogen) atoms. The van der Waals surface area contributed by atoms with Crippen LogP contribution in [0.25, 0.3) is 0 Å². The molecule has 1 N–H and O–H groups in total. The number of rotatable bonds is 8. The van der Waals surface area contributed by atoms with Gasteiger partial charge in [-0.05, 0) is 38.3 Å². The molecule has 0 amide bonds. The summed E-state index contributed by atoms with van der Waals surface area (Å²) in [5.41, 5.74) is 3.72. The zero-order chi connectivity index (χ0) is 18.9. The minimum absolute atomic E-state index is 0. The fraction of sp³-hybridized carbons (Fsp3) is 0.500. The fourth-order valence-corrected chi connectivity index (χ4v) is 3.49. The van der Waals surface area contributed by atoms with Crippen LogP contribution in [0.1, 0.15) is 41.8 Å². The highest BCUT2D eigenvalue weighted by Crippen LogP contribution is 2.20. The molecule has 0 spiro atoms. The number of ether oxygens (including phenoxy) is 1. The third kappa shape index (κ3) is 7.38. The summed E-state index contributed by atoms with van der Waals surface area (Å²) in [6, 6.07) is 8.49. The quantitative estimate of drug-likeness (QED) is 0.330. The second-order valence-electron chi connectivity index (χ2n) is 6.32.